The van der Waals surface area contributed by atoms with Crippen LogP contribution in [-0.4, -0.2) is 25.8 Å². The summed E-state index contributed by atoms with van der Waals surface area (Å²) in [6, 6.07) is 7.96. The average Bonchev–Trinajstić information content (AvgIpc) is 2.27. The minimum atomic E-state index is -3.57. The lowest BCUT2D eigenvalue weighted by Crippen LogP contribution is -2.34. The van der Waals surface area contributed by atoms with Crippen molar-refractivity contribution in [2.45, 2.75) is 24.8 Å². The summed E-state index contributed by atoms with van der Waals surface area (Å²) >= 11 is 0. The van der Waals surface area contributed by atoms with E-state index in [1.807, 2.05) is 6.07 Å². The molecule has 0 heterocycles. The maximum absolute atomic E-state index is 12.1. The molecule has 0 aromatic heterocycles. The quantitative estimate of drug-likeness (QED) is 0.802. The standard InChI is InChI=1S/C11H14N2O2S/c1-9-6-4-5-7-11(9)16(14,15)13(3)10(2)8-12/h4-7,10H,1-3H3. The van der Waals surface area contributed by atoms with Crippen molar-refractivity contribution < 1.29 is 8.42 Å². The van der Waals surface area contributed by atoms with Crippen molar-refractivity contribution in [3.63, 3.8) is 0 Å². The van der Waals surface area contributed by atoms with E-state index in [0.717, 1.165) is 4.31 Å². The molecule has 0 N–H and O–H groups in total. The van der Waals surface area contributed by atoms with Gasteiger partial charge in [-0.15, -0.1) is 0 Å². The van der Waals surface area contributed by atoms with Crippen LogP contribution >= 0.6 is 0 Å². The predicted molar refractivity (Wildman–Crippen MR) is 61.2 cm³/mol. The zero-order chi connectivity index (χ0) is 12.3. The lowest BCUT2D eigenvalue weighted by atomic mass is 10.2. The summed E-state index contributed by atoms with van der Waals surface area (Å²) in [5.74, 6) is 0. The Hall–Kier alpha value is -1.38. The van der Waals surface area contributed by atoms with Crippen molar-refractivity contribution >= 4 is 10.0 Å². The van der Waals surface area contributed by atoms with Gasteiger partial charge in [0.05, 0.1) is 11.0 Å². The average molecular weight is 238 g/mol. The molecule has 1 unspecified atom stereocenters. The molecule has 1 rings (SSSR count). The number of sulfonamides is 1. The smallest absolute Gasteiger partial charge is 0.207 e. The predicted octanol–water partition coefficient (Wildman–Crippen LogP) is 1.53. The minimum absolute atomic E-state index is 0.250. The molecule has 16 heavy (non-hydrogen) atoms. The zero-order valence-electron chi connectivity index (χ0n) is 9.51. The summed E-state index contributed by atoms with van der Waals surface area (Å²) in [7, 11) is -2.16. The van der Waals surface area contributed by atoms with Gasteiger partial charge in [0, 0.05) is 7.05 Å². The van der Waals surface area contributed by atoms with Crippen LogP contribution < -0.4 is 0 Å². The summed E-state index contributed by atoms with van der Waals surface area (Å²) in [5, 5.41) is 8.73. The Kier molecular flexibility index (Phi) is 3.68. The molecule has 1 aromatic carbocycles. The third-order valence-corrected chi connectivity index (χ3v) is 4.57. The van der Waals surface area contributed by atoms with E-state index in [4.69, 9.17) is 5.26 Å². The Labute approximate surface area is 96.2 Å². The van der Waals surface area contributed by atoms with E-state index in [0.29, 0.717) is 5.56 Å². The largest absolute Gasteiger partial charge is 0.244 e. The molecular formula is C11H14N2O2S. The summed E-state index contributed by atoms with van der Waals surface area (Å²) in [4.78, 5) is 0.250. The fourth-order valence-corrected chi connectivity index (χ4v) is 2.79. The van der Waals surface area contributed by atoms with Crippen LogP contribution in [0.5, 0.6) is 0 Å². The molecule has 0 radical (unpaired) electrons. The van der Waals surface area contributed by atoms with E-state index in [-0.39, 0.29) is 4.90 Å². The van der Waals surface area contributed by atoms with Crippen LogP contribution in [0.2, 0.25) is 0 Å². The fraction of sp³-hybridized carbons (Fsp3) is 0.364. The molecule has 0 saturated carbocycles. The molecule has 0 bridgehead atoms. The van der Waals surface area contributed by atoms with Crippen LogP contribution in [0, 0.1) is 18.3 Å². The van der Waals surface area contributed by atoms with E-state index in [9.17, 15) is 8.42 Å². The number of hydrogen-bond donors (Lipinski definition) is 0. The Morgan fingerprint density at radius 1 is 1.38 bits per heavy atom. The highest BCUT2D eigenvalue weighted by Gasteiger charge is 2.26. The van der Waals surface area contributed by atoms with Gasteiger partial charge in [-0.3, -0.25) is 0 Å². The van der Waals surface area contributed by atoms with Crippen LogP contribution in [0.1, 0.15) is 12.5 Å². The summed E-state index contributed by atoms with van der Waals surface area (Å²) in [5.41, 5.74) is 0.680. The molecule has 4 nitrogen and oxygen atoms in total. The lowest BCUT2D eigenvalue weighted by molar-refractivity contribution is 0.441. The Balaban J connectivity index is 3.24. The second kappa shape index (κ2) is 4.64. The first-order valence-electron chi connectivity index (χ1n) is 4.84. The number of nitriles is 1. The van der Waals surface area contributed by atoms with Crippen molar-refractivity contribution in [3.05, 3.63) is 29.8 Å². The molecule has 0 aliphatic heterocycles. The molecule has 0 spiro atoms. The van der Waals surface area contributed by atoms with E-state index in [2.05, 4.69) is 0 Å². The monoisotopic (exact) mass is 238 g/mol. The number of aryl methyl sites for hydroxylation is 1. The highest BCUT2D eigenvalue weighted by Crippen LogP contribution is 2.19. The SMILES string of the molecule is Cc1ccccc1S(=O)(=O)N(C)C(C)C#N. The topological polar surface area (TPSA) is 61.2 Å². The summed E-state index contributed by atoms with van der Waals surface area (Å²) in [6.45, 7) is 3.29. The van der Waals surface area contributed by atoms with Crippen molar-refractivity contribution in [1.82, 2.24) is 4.31 Å². The number of hydrogen-bond acceptors (Lipinski definition) is 3. The van der Waals surface area contributed by atoms with Gasteiger partial charge in [0.25, 0.3) is 0 Å². The third kappa shape index (κ3) is 2.23. The van der Waals surface area contributed by atoms with Crippen LogP contribution in [0.15, 0.2) is 29.2 Å². The van der Waals surface area contributed by atoms with Crippen molar-refractivity contribution in [2.75, 3.05) is 7.05 Å². The van der Waals surface area contributed by atoms with E-state index < -0.39 is 16.1 Å². The maximum atomic E-state index is 12.1. The van der Waals surface area contributed by atoms with E-state index >= 15 is 0 Å². The molecule has 0 aliphatic rings. The Morgan fingerprint density at radius 3 is 2.44 bits per heavy atom. The Bertz CT molecular complexity index is 517. The molecule has 1 aromatic rings. The van der Waals surface area contributed by atoms with Gasteiger partial charge in [-0.05, 0) is 25.5 Å². The van der Waals surface area contributed by atoms with Gasteiger partial charge in [-0.2, -0.15) is 9.57 Å². The van der Waals surface area contributed by atoms with Crippen LogP contribution in [0.25, 0.3) is 0 Å². The highest BCUT2D eigenvalue weighted by molar-refractivity contribution is 7.89. The van der Waals surface area contributed by atoms with Gasteiger partial charge in [0.2, 0.25) is 10.0 Å². The molecule has 0 amide bonds. The first-order valence-corrected chi connectivity index (χ1v) is 6.28. The first-order chi connectivity index (χ1) is 7.41. The van der Waals surface area contributed by atoms with Crippen molar-refractivity contribution in [2.24, 2.45) is 0 Å². The van der Waals surface area contributed by atoms with Gasteiger partial charge >= 0.3 is 0 Å². The molecule has 5 heteroatoms. The lowest BCUT2D eigenvalue weighted by Gasteiger charge is -2.20. The number of benzene rings is 1. The molecule has 0 saturated heterocycles. The molecule has 0 aliphatic carbocycles. The number of rotatable bonds is 3. The second-order valence-corrected chi connectivity index (χ2v) is 5.56. The van der Waals surface area contributed by atoms with E-state index in [1.54, 1.807) is 38.1 Å². The van der Waals surface area contributed by atoms with Gasteiger partial charge in [-0.1, -0.05) is 18.2 Å². The summed E-state index contributed by atoms with van der Waals surface area (Å²) < 4.78 is 25.3. The molecule has 0 fully saturated rings. The van der Waals surface area contributed by atoms with Crippen LogP contribution in [-0.2, 0) is 10.0 Å². The Morgan fingerprint density at radius 2 is 1.94 bits per heavy atom. The van der Waals surface area contributed by atoms with E-state index in [1.165, 1.54) is 7.05 Å². The first kappa shape index (κ1) is 12.7. The second-order valence-electron chi connectivity index (χ2n) is 3.59. The molecule has 1 atom stereocenters. The highest BCUT2D eigenvalue weighted by atomic mass is 32.2. The minimum Gasteiger partial charge on any atom is -0.207 e. The van der Waals surface area contributed by atoms with Crippen LogP contribution in [0.4, 0.5) is 0 Å². The van der Waals surface area contributed by atoms with Gasteiger partial charge < -0.3 is 0 Å². The third-order valence-electron chi connectivity index (χ3n) is 2.48. The molecular weight excluding hydrogens is 224 g/mol. The van der Waals surface area contributed by atoms with Gasteiger partial charge in [0.1, 0.15) is 6.04 Å². The zero-order valence-corrected chi connectivity index (χ0v) is 10.3. The van der Waals surface area contributed by atoms with Crippen molar-refractivity contribution in [3.8, 4) is 6.07 Å². The normalized spacial score (nSPS) is 13.4. The fourth-order valence-electron chi connectivity index (χ4n) is 1.29. The van der Waals surface area contributed by atoms with Crippen LogP contribution in [0.3, 0.4) is 0 Å². The maximum Gasteiger partial charge on any atom is 0.244 e. The van der Waals surface area contributed by atoms with Gasteiger partial charge in [0.15, 0.2) is 0 Å². The van der Waals surface area contributed by atoms with Crippen molar-refractivity contribution in [1.29, 1.82) is 5.26 Å². The summed E-state index contributed by atoms with van der Waals surface area (Å²) in [6.07, 6.45) is 0. The molecule has 86 valence electrons. The number of nitrogens with zero attached hydrogens (tertiary/aromatic N) is 2. The van der Waals surface area contributed by atoms with Gasteiger partial charge in [-0.25, -0.2) is 8.42 Å².